The van der Waals surface area contributed by atoms with E-state index >= 15 is 0 Å². The van der Waals surface area contributed by atoms with E-state index in [1.54, 1.807) is 12.1 Å². The molecule has 0 saturated carbocycles. The fourth-order valence-corrected chi connectivity index (χ4v) is 3.28. The maximum atomic E-state index is 13.5. The van der Waals surface area contributed by atoms with Crippen molar-refractivity contribution in [3.63, 3.8) is 0 Å². The van der Waals surface area contributed by atoms with Gasteiger partial charge in [0.15, 0.2) is 0 Å². The quantitative estimate of drug-likeness (QED) is 0.609. The van der Waals surface area contributed by atoms with Gasteiger partial charge in [0.2, 0.25) is 0 Å². The van der Waals surface area contributed by atoms with Crippen LogP contribution in [0.25, 0.3) is 16.9 Å². The first-order valence-corrected chi connectivity index (χ1v) is 8.21. The highest BCUT2D eigenvalue weighted by atomic mass is 35.5. The molecule has 0 aliphatic carbocycles. The van der Waals surface area contributed by atoms with E-state index in [4.69, 9.17) is 11.6 Å². The second-order valence-corrected chi connectivity index (χ2v) is 6.37. The molecule has 1 N–H and O–H groups in total. The summed E-state index contributed by atoms with van der Waals surface area (Å²) in [5.41, 5.74) is 1.01. The number of alkyl halides is 3. The average Bonchev–Trinajstić information content (AvgIpc) is 3.18. The maximum absolute atomic E-state index is 13.5. The van der Waals surface area contributed by atoms with Gasteiger partial charge in [-0.1, -0.05) is 11.6 Å². The van der Waals surface area contributed by atoms with Gasteiger partial charge in [0.05, 0.1) is 16.9 Å². The van der Waals surface area contributed by atoms with Crippen molar-refractivity contribution >= 4 is 17.4 Å². The van der Waals surface area contributed by atoms with Crippen molar-refractivity contribution < 1.29 is 17.6 Å². The zero-order valence-corrected chi connectivity index (χ0v) is 14.0. The topological polar surface area (TPSA) is 29.9 Å². The van der Waals surface area contributed by atoms with E-state index in [1.165, 1.54) is 28.9 Å². The lowest BCUT2D eigenvalue weighted by Gasteiger charge is -2.15. The Hall–Kier alpha value is -2.54. The molecular weight excluding hydrogens is 370 g/mol. The maximum Gasteiger partial charge on any atom is 0.418 e. The summed E-state index contributed by atoms with van der Waals surface area (Å²) in [6.45, 7) is 0.594. The molecule has 3 aromatic rings. The number of anilines is 1. The van der Waals surface area contributed by atoms with Crippen LogP contribution in [-0.4, -0.2) is 16.3 Å². The van der Waals surface area contributed by atoms with Gasteiger partial charge in [-0.05, 0) is 48.9 Å². The van der Waals surface area contributed by atoms with Crippen molar-refractivity contribution in [3.05, 3.63) is 64.4 Å². The molecular formula is C18H12ClF4N3. The summed E-state index contributed by atoms with van der Waals surface area (Å²) < 4.78 is 54.9. The average molecular weight is 382 g/mol. The second kappa shape index (κ2) is 6.02. The molecule has 2 aromatic carbocycles. The minimum Gasteiger partial charge on any atom is -0.369 e. The number of halogens is 5. The summed E-state index contributed by atoms with van der Waals surface area (Å²) >= 11 is 5.76. The van der Waals surface area contributed by atoms with Crippen LogP contribution in [0.15, 0.2) is 42.5 Å². The number of hydrogen-bond acceptors (Lipinski definition) is 2. The fourth-order valence-electron chi connectivity index (χ4n) is 3.11. The lowest BCUT2D eigenvalue weighted by Crippen LogP contribution is -2.13. The summed E-state index contributed by atoms with van der Waals surface area (Å²) in [5.74, 6) is 0.122. The van der Waals surface area contributed by atoms with E-state index in [2.05, 4.69) is 10.4 Å². The third kappa shape index (κ3) is 2.82. The van der Waals surface area contributed by atoms with Crippen LogP contribution in [0.1, 0.15) is 11.1 Å². The Morgan fingerprint density at radius 3 is 2.50 bits per heavy atom. The van der Waals surface area contributed by atoms with Crippen molar-refractivity contribution in [1.29, 1.82) is 0 Å². The first-order chi connectivity index (χ1) is 12.3. The number of hydrogen-bond donors (Lipinski definition) is 1. The smallest absolute Gasteiger partial charge is 0.369 e. The van der Waals surface area contributed by atoms with Gasteiger partial charge in [0.25, 0.3) is 0 Å². The van der Waals surface area contributed by atoms with E-state index < -0.39 is 11.7 Å². The Kier molecular flexibility index (Phi) is 3.91. The zero-order chi connectivity index (χ0) is 18.5. The normalized spacial score (nSPS) is 13.6. The van der Waals surface area contributed by atoms with Crippen LogP contribution in [0.5, 0.6) is 0 Å². The molecule has 8 heteroatoms. The van der Waals surface area contributed by atoms with Crippen molar-refractivity contribution in [2.45, 2.75) is 12.6 Å². The van der Waals surface area contributed by atoms with Gasteiger partial charge in [-0.25, -0.2) is 9.07 Å². The largest absolute Gasteiger partial charge is 0.418 e. The summed E-state index contributed by atoms with van der Waals surface area (Å²) in [6.07, 6.45) is -3.95. The number of aromatic nitrogens is 2. The molecule has 0 radical (unpaired) electrons. The van der Waals surface area contributed by atoms with Crippen molar-refractivity contribution in [2.75, 3.05) is 11.9 Å². The Balaban J connectivity index is 1.92. The molecule has 0 amide bonds. The molecule has 0 unspecified atom stereocenters. The third-order valence-corrected chi connectivity index (χ3v) is 4.50. The molecule has 0 bridgehead atoms. The summed E-state index contributed by atoms with van der Waals surface area (Å²) in [7, 11) is 0. The Bertz CT molecular complexity index is 977. The van der Waals surface area contributed by atoms with Crippen LogP contribution in [0.2, 0.25) is 5.02 Å². The van der Waals surface area contributed by atoms with Gasteiger partial charge < -0.3 is 5.32 Å². The van der Waals surface area contributed by atoms with Gasteiger partial charge in [0.1, 0.15) is 11.6 Å². The van der Waals surface area contributed by atoms with Gasteiger partial charge in [-0.3, -0.25) is 0 Å². The summed E-state index contributed by atoms with van der Waals surface area (Å²) in [5, 5.41) is 7.48. The number of fused-ring (bicyclic) bond motifs is 1. The van der Waals surface area contributed by atoms with Crippen LogP contribution in [0.4, 0.5) is 23.4 Å². The molecule has 4 rings (SSSR count). The Morgan fingerprint density at radius 1 is 1.08 bits per heavy atom. The van der Waals surface area contributed by atoms with Crippen LogP contribution >= 0.6 is 11.6 Å². The molecule has 1 aliphatic heterocycles. The fraction of sp³-hybridized carbons (Fsp3) is 0.167. The highest BCUT2D eigenvalue weighted by Crippen LogP contribution is 2.40. The van der Waals surface area contributed by atoms with Crippen molar-refractivity contribution in [2.24, 2.45) is 0 Å². The molecule has 26 heavy (non-hydrogen) atoms. The van der Waals surface area contributed by atoms with Crippen molar-refractivity contribution in [1.82, 2.24) is 9.78 Å². The van der Waals surface area contributed by atoms with Crippen LogP contribution in [0, 0.1) is 5.82 Å². The summed E-state index contributed by atoms with van der Waals surface area (Å²) in [6, 6.07) is 9.30. The van der Waals surface area contributed by atoms with E-state index in [1.807, 2.05) is 0 Å². The molecule has 1 aromatic heterocycles. The highest BCUT2D eigenvalue weighted by molar-refractivity contribution is 6.30. The number of benzene rings is 2. The van der Waals surface area contributed by atoms with E-state index in [9.17, 15) is 17.6 Å². The van der Waals surface area contributed by atoms with Crippen LogP contribution in [-0.2, 0) is 12.6 Å². The zero-order valence-electron chi connectivity index (χ0n) is 13.2. The second-order valence-electron chi connectivity index (χ2n) is 5.93. The SMILES string of the molecule is Fc1ccc(-c2nn(-c3ccc(Cl)cc3C(F)(F)F)c3c2CCN3)cc1. The highest BCUT2D eigenvalue weighted by Gasteiger charge is 2.36. The van der Waals surface area contributed by atoms with E-state index in [-0.39, 0.29) is 16.5 Å². The monoisotopic (exact) mass is 381 g/mol. The first kappa shape index (κ1) is 16.9. The summed E-state index contributed by atoms with van der Waals surface area (Å²) in [4.78, 5) is 0. The van der Waals surface area contributed by atoms with E-state index in [0.29, 0.717) is 30.0 Å². The minimum absolute atomic E-state index is 0.00315. The molecule has 0 fully saturated rings. The predicted molar refractivity (Wildman–Crippen MR) is 91.2 cm³/mol. The molecule has 2 heterocycles. The van der Waals surface area contributed by atoms with Gasteiger partial charge in [-0.15, -0.1) is 0 Å². The lowest BCUT2D eigenvalue weighted by atomic mass is 10.1. The molecule has 0 atom stereocenters. The lowest BCUT2D eigenvalue weighted by molar-refractivity contribution is -0.137. The predicted octanol–water partition coefficient (Wildman–Crippen LogP) is 5.32. The number of nitrogens with one attached hydrogen (secondary N) is 1. The van der Waals surface area contributed by atoms with E-state index in [0.717, 1.165) is 11.6 Å². The number of rotatable bonds is 2. The van der Waals surface area contributed by atoms with Crippen LogP contribution < -0.4 is 5.32 Å². The minimum atomic E-state index is -4.58. The van der Waals surface area contributed by atoms with Crippen LogP contribution in [0.3, 0.4) is 0 Å². The van der Waals surface area contributed by atoms with Crippen molar-refractivity contribution in [3.8, 4) is 16.9 Å². The third-order valence-electron chi connectivity index (χ3n) is 4.26. The number of nitrogens with zero attached hydrogens (tertiary/aromatic N) is 2. The van der Waals surface area contributed by atoms with Gasteiger partial charge >= 0.3 is 6.18 Å². The Labute approximate surface area is 151 Å². The molecule has 0 spiro atoms. The molecule has 3 nitrogen and oxygen atoms in total. The first-order valence-electron chi connectivity index (χ1n) is 7.83. The Morgan fingerprint density at radius 2 is 1.81 bits per heavy atom. The van der Waals surface area contributed by atoms with Gasteiger partial charge in [-0.2, -0.15) is 18.3 Å². The molecule has 134 valence electrons. The standard InChI is InChI=1S/C18H12ClF4N3/c19-11-3-6-15(14(9-11)18(21,22)23)26-17-13(7-8-24-17)16(25-26)10-1-4-12(20)5-2-10/h1-6,9,24H,7-8H2. The molecule has 1 aliphatic rings. The molecule has 0 saturated heterocycles. The van der Waals surface area contributed by atoms with Gasteiger partial charge in [0, 0.05) is 22.7 Å².